The second kappa shape index (κ2) is 7.19. The first-order valence-corrected chi connectivity index (χ1v) is 8.47. The number of likely N-dealkylation sites (N-methyl/N-ethyl adjacent to an activating group) is 1. The van der Waals surface area contributed by atoms with E-state index < -0.39 is 20.7 Å². The zero-order valence-electron chi connectivity index (χ0n) is 11.6. The normalized spacial score (nSPS) is 11.3. The Hall–Kier alpha value is -1.19. The molecule has 0 aliphatic heterocycles. The highest BCUT2D eigenvalue weighted by molar-refractivity contribution is 9.10. The standard InChI is InChI=1S/C12H16BrFN2O4S/c1-3-16(4-2)12(17)7-20-10-6-9(14)11(5-8(10)13)21(15,18)19/h5-6H,3-4,7H2,1-2H3,(H2,15,18,19). The van der Waals surface area contributed by atoms with Gasteiger partial charge >= 0.3 is 0 Å². The monoisotopic (exact) mass is 382 g/mol. The van der Waals surface area contributed by atoms with Gasteiger partial charge in [-0.25, -0.2) is 17.9 Å². The van der Waals surface area contributed by atoms with Crippen LogP contribution in [0.2, 0.25) is 0 Å². The maximum atomic E-state index is 13.7. The molecule has 0 atom stereocenters. The van der Waals surface area contributed by atoms with E-state index in [4.69, 9.17) is 9.88 Å². The SMILES string of the molecule is CCN(CC)C(=O)COc1cc(F)c(S(N)(=O)=O)cc1Br. The number of sulfonamides is 1. The molecule has 0 aliphatic rings. The number of amides is 1. The molecule has 0 aromatic heterocycles. The van der Waals surface area contributed by atoms with Gasteiger partial charge in [-0.15, -0.1) is 0 Å². The summed E-state index contributed by atoms with van der Waals surface area (Å²) in [5, 5.41) is 4.88. The van der Waals surface area contributed by atoms with Crippen molar-refractivity contribution < 1.29 is 22.3 Å². The Labute approximate surface area is 131 Å². The maximum absolute atomic E-state index is 13.7. The van der Waals surface area contributed by atoms with Crippen molar-refractivity contribution in [2.75, 3.05) is 19.7 Å². The quantitative estimate of drug-likeness (QED) is 0.806. The number of halogens is 2. The zero-order chi connectivity index (χ0) is 16.2. The largest absolute Gasteiger partial charge is 0.482 e. The van der Waals surface area contributed by atoms with Crippen LogP contribution in [0.3, 0.4) is 0 Å². The Balaban J connectivity index is 2.92. The number of carbonyl (C=O) groups excluding carboxylic acids is 1. The van der Waals surface area contributed by atoms with E-state index in [2.05, 4.69) is 15.9 Å². The molecule has 2 N–H and O–H groups in total. The maximum Gasteiger partial charge on any atom is 0.260 e. The van der Waals surface area contributed by atoms with Gasteiger partial charge in [-0.05, 0) is 35.8 Å². The second-order valence-corrected chi connectivity index (χ2v) is 6.50. The fraction of sp³-hybridized carbons (Fsp3) is 0.417. The smallest absolute Gasteiger partial charge is 0.260 e. The lowest BCUT2D eigenvalue weighted by Crippen LogP contribution is -2.34. The second-order valence-electron chi connectivity index (χ2n) is 4.11. The minimum atomic E-state index is -4.16. The first kappa shape index (κ1) is 17.9. The van der Waals surface area contributed by atoms with Crippen molar-refractivity contribution in [3.05, 3.63) is 22.4 Å². The van der Waals surface area contributed by atoms with Crippen LogP contribution < -0.4 is 9.88 Å². The molecule has 9 heteroatoms. The number of benzene rings is 1. The number of primary sulfonamides is 1. The van der Waals surface area contributed by atoms with Gasteiger partial charge < -0.3 is 9.64 Å². The fourth-order valence-electron chi connectivity index (χ4n) is 1.65. The third-order valence-electron chi connectivity index (χ3n) is 2.76. The minimum absolute atomic E-state index is 0.0282. The Morgan fingerprint density at radius 1 is 1.38 bits per heavy atom. The number of carbonyl (C=O) groups is 1. The summed E-state index contributed by atoms with van der Waals surface area (Å²) in [5.74, 6) is -1.26. The summed E-state index contributed by atoms with van der Waals surface area (Å²) in [6.07, 6.45) is 0. The Kier molecular flexibility index (Phi) is 6.11. The van der Waals surface area contributed by atoms with Gasteiger partial charge in [0.15, 0.2) is 6.61 Å². The van der Waals surface area contributed by atoms with Crippen LogP contribution in [-0.2, 0) is 14.8 Å². The zero-order valence-corrected chi connectivity index (χ0v) is 14.0. The number of nitrogens with zero attached hydrogens (tertiary/aromatic N) is 1. The first-order chi connectivity index (χ1) is 9.70. The molecule has 0 unspecified atom stereocenters. The summed E-state index contributed by atoms with van der Waals surface area (Å²) in [5.41, 5.74) is 0. The van der Waals surface area contributed by atoms with Crippen molar-refractivity contribution in [2.24, 2.45) is 5.14 Å². The Morgan fingerprint density at radius 3 is 2.43 bits per heavy atom. The highest BCUT2D eigenvalue weighted by Gasteiger charge is 2.19. The molecule has 0 heterocycles. The molecule has 0 fully saturated rings. The molecule has 0 aliphatic carbocycles. The summed E-state index contributed by atoms with van der Waals surface area (Å²) >= 11 is 3.06. The topological polar surface area (TPSA) is 89.7 Å². The van der Waals surface area contributed by atoms with E-state index in [0.29, 0.717) is 13.1 Å². The van der Waals surface area contributed by atoms with E-state index in [1.54, 1.807) is 4.90 Å². The van der Waals surface area contributed by atoms with Crippen molar-refractivity contribution in [1.82, 2.24) is 4.90 Å². The molecule has 21 heavy (non-hydrogen) atoms. The third-order valence-corrected chi connectivity index (χ3v) is 4.31. The molecule has 0 saturated heterocycles. The molecule has 0 radical (unpaired) electrons. The molecule has 1 amide bonds. The summed E-state index contributed by atoms with van der Waals surface area (Å²) < 4.78 is 41.4. The lowest BCUT2D eigenvalue weighted by Gasteiger charge is -2.19. The molecule has 1 aromatic carbocycles. The molecular formula is C12H16BrFN2O4S. The summed E-state index contributed by atoms with van der Waals surface area (Å²) in [6, 6.07) is 1.88. The van der Waals surface area contributed by atoms with Gasteiger partial charge in [-0.2, -0.15) is 0 Å². The van der Waals surface area contributed by atoms with Crippen LogP contribution in [0.1, 0.15) is 13.8 Å². The van der Waals surface area contributed by atoms with E-state index in [9.17, 15) is 17.6 Å². The molecule has 0 bridgehead atoms. The number of nitrogens with two attached hydrogens (primary N) is 1. The number of hydrogen-bond donors (Lipinski definition) is 1. The van der Waals surface area contributed by atoms with Gasteiger partial charge in [0.25, 0.3) is 5.91 Å². The average molecular weight is 383 g/mol. The van der Waals surface area contributed by atoms with Crippen molar-refractivity contribution in [1.29, 1.82) is 0 Å². The Bertz CT molecular complexity index is 632. The highest BCUT2D eigenvalue weighted by Crippen LogP contribution is 2.29. The van der Waals surface area contributed by atoms with E-state index >= 15 is 0 Å². The number of rotatable bonds is 6. The van der Waals surface area contributed by atoms with Crippen LogP contribution in [0, 0.1) is 5.82 Å². The third kappa shape index (κ3) is 4.65. The first-order valence-electron chi connectivity index (χ1n) is 6.13. The van der Waals surface area contributed by atoms with Gasteiger partial charge in [-0.1, -0.05) is 0 Å². The predicted molar refractivity (Wildman–Crippen MR) is 78.9 cm³/mol. The van der Waals surface area contributed by atoms with E-state index in [1.807, 2.05) is 13.8 Å². The van der Waals surface area contributed by atoms with Gasteiger partial charge in [0.2, 0.25) is 10.0 Å². The van der Waals surface area contributed by atoms with Crippen molar-refractivity contribution in [3.8, 4) is 5.75 Å². The molecule has 0 saturated carbocycles. The molecule has 1 aromatic rings. The van der Waals surface area contributed by atoms with Gasteiger partial charge in [0.1, 0.15) is 16.5 Å². The minimum Gasteiger partial charge on any atom is -0.482 e. The predicted octanol–water partition coefficient (Wildman–Crippen LogP) is 1.48. The lowest BCUT2D eigenvalue weighted by molar-refractivity contribution is -0.132. The van der Waals surface area contributed by atoms with Crippen LogP contribution >= 0.6 is 15.9 Å². The average Bonchev–Trinajstić information content (AvgIpc) is 2.39. The molecular weight excluding hydrogens is 367 g/mol. The highest BCUT2D eigenvalue weighted by atomic mass is 79.9. The van der Waals surface area contributed by atoms with E-state index in [0.717, 1.165) is 12.1 Å². The fourth-order valence-corrected chi connectivity index (χ4v) is 2.87. The van der Waals surface area contributed by atoms with E-state index in [-0.39, 0.29) is 22.7 Å². The lowest BCUT2D eigenvalue weighted by atomic mass is 10.3. The van der Waals surface area contributed by atoms with Crippen molar-refractivity contribution in [3.63, 3.8) is 0 Å². The van der Waals surface area contributed by atoms with Gasteiger partial charge in [0, 0.05) is 19.2 Å². The van der Waals surface area contributed by atoms with Crippen LogP contribution in [-0.4, -0.2) is 38.9 Å². The summed E-state index contributed by atoms with van der Waals surface area (Å²) in [7, 11) is -4.16. The van der Waals surface area contributed by atoms with Gasteiger partial charge in [-0.3, -0.25) is 4.79 Å². The van der Waals surface area contributed by atoms with Crippen molar-refractivity contribution in [2.45, 2.75) is 18.7 Å². The number of ether oxygens (including phenoxy) is 1. The van der Waals surface area contributed by atoms with Crippen LogP contribution in [0.15, 0.2) is 21.5 Å². The summed E-state index contributed by atoms with van der Waals surface area (Å²) in [6.45, 7) is 4.47. The van der Waals surface area contributed by atoms with Crippen LogP contribution in [0.25, 0.3) is 0 Å². The summed E-state index contributed by atoms with van der Waals surface area (Å²) in [4.78, 5) is 12.7. The van der Waals surface area contributed by atoms with Crippen molar-refractivity contribution >= 4 is 31.9 Å². The Morgan fingerprint density at radius 2 is 1.95 bits per heavy atom. The number of hydrogen-bond acceptors (Lipinski definition) is 4. The molecule has 6 nitrogen and oxygen atoms in total. The molecule has 0 spiro atoms. The van der Waals surface area contributed by atoms with Crippen LogP contribution in [0.5, 0.6) is 5.75 Å². The van der Waals surface area contributed by atoms with Gasteiger partial charge in [0.05, 0.1) is 4.47 Å². The van der Waals surface area contributed by atoms with E-state index in [1.165, 1.54) is 0 Å². The van der Waals surface area contributed by atoms with Crippen LogP contribution in [0.4, 0.5) is 4.39 Å². The molecule has 118 valence electrons. The molecule has 1 rings (SSSR count).